The van der Waals surface area contributed by atoms with Crippen molar-refractivity contribution in [2.75, 3.05) is 39.3 Å². The SMILES string of the molecule is CCCCCC(=O)N1CCCN(CC(C)CN)CC1. The molecule has 2 N–H and O–H groups in total. The van der Waals surface area contributed by atoms with Gasteiger partial charge in [-0.15, -0.1) is 0 Å². The Balaban J connectivity index is 2.30. The molecule has 1 amide bonds. The van der Waals surface area contributed by atoms with Crippen LogP contribution in [0.15, 0.2) is 0 Å². The molecule has 1 fully saturated rings. The summed E-state index contributed by atoms with van der Waals surface area (Å²) in [5.74, 6) is 0.897. The van der Waals surface area contributed by atoms with E-state index in [0.717, 1.165) is 58.5 Å². The molecule has 0 saturated carbocycles. The van der Waals surface area contributed by atoms with Crippen molar-refractivity contribution in [3.63, 3.8) is 0 Å². The van der Waals surface area contributed by atoms with Crippen LogP contribution in [0.25, 0.3) is 0 Å². The van der Waals surface area contributed by atoms with Crippen molar-refractivity contribution in [3.8, 4) is 0 Å². The van der Waals surface area contributed by atoms with Gasteiger partial charge < -0.3 is 15.5 Å². The van der Waals surface area contributed by atoms with Gasteiger partial charge in [0.15, 0.2) is 0 Å². The zero-order chi connectivity index (χ0) is 14.1. The molecule has 19 heavy (non-hydrogen) atoms. The second kappa shape index (κ2) is 9.32. The van der Waals surface area contributed by atoms with Gasteiger partial charge in [0.05, 0.1) is 0 Å². The quantitative estimate of drug-likeness (QED) is 0.716. The van der Waals surface area contributed by atoms with E-state index in [1.54, 1.807) is 0 Å². The zero-order valence-corrected chi connectivity index (χ0v) is 12.7. The first kappa shape index (κ1) is 16.4. The van der Waals surface area contributed by atoms with E-state index in [1.807, 2.05) is 0 Å². The summed E-state index contributed by atoms with van der Waals surface area (Å²) < 4.78 is 0. The Bertz CT molecular complexity index is 258. The predicted molar refractivity (Wildman–Crippen MR) is 80.0 cm³/mol. The van der Waals surface area contributed by atoms with Crippen LogP contribution in [0.4, 0.5) is 0 Å². The first-order valence-corrected chi connectivity index (χ1v) is 7.87. The number of nitrogens with two attached hydrogens (primary N) is 1. The summed E-state index contributed by atoms with van der Waals surface area (Å²) in [6, 6.07) is 0. The summed E-state index contributed by atoms with van der Waals surface area (Å²) in [6.07, 6.45) is 5.21. The van der Waals surface area contributed by atoms with Gasteiger partial charge in [0.2, 0.25) is 5.91 Å². The Morgan fingerprint density at radius 2 is 2.00 bits per heavy atom. The fraction of sp³-hybridized carbons (Fsp3) is 0.933. The Hall–Kier alpha value is -0.610. The van der Waals surface area contributed by atoms with Crippen LogP contribution in [0.5, 0.6) is 0 Å². The summed E-state index contributed by atoms with van der Waals surface area (Å²) in [5, 5.41) is 0. The van der Waals surface area contributed by atoms with Gasteiger partial charge in [-0.2, -0.15) is 0 Å². The number of hydrogen-bond donors (Lipinski definition) is 1. The van der Waals surface area contributed by atoms with Crippen molar-refractivity contribution in [1.82, 2.24) is 9.80 Å². The molecule has 1 atom stereocenters. The largest absolute Gasteiger partial charge is 0.341 e. The van der Waals surface area contributed by atoms with Crippen LogP contribution in [0.3, 0.4) is 0 Å². The highest BCUT2D eigenvalue weighted by molar-refractivity contribution is 5.76. The topological polar surface area (TPSA) is 49.6 Å². The van der Waals surface area contributed by atoms with E-state index in [2.05, 4.69) is 23.6 Å². The molecule has 1 rings (SSSR count). The third-order valence-corrected chi connectivity index (χ3v) is 3.91. The lowest BCUT2D eigenvalue weighted by Crippen LogP contribution is -2.37. The number of carbonyl (C=O) groups excluding carboxylic acids is 1. The number of carbonyl (C=O) groups is 1. The first-order valence-electron chi connectivity index (χ1n) is 7.87. The molecule has 4 nitrogen and oxygen atoms in total. The summed E-state index contributed by atoms with van der Waals surface area (Å²) in [4.78, 5) is 16.6. The number of rotatable bonds is 7. The molecule has 0 aromatic rings. The third kappa shape index (κ3) is 6.39. The van der Waals surface area contributed by atoms with Crippen LogP contribution < -0.4 is 5.73 Å². The van der Waals surface area contributed by atoms with Gasteiger partial charge in [0, 0.05) is 32.6 Å². The molecular weight excluding hydrogens is 238 g/mol. The van der Waals surface area contributed by atoms with E-state index < -0.39 is 0 Å². The molecule has 1 aliphatic heterocycles. The molecule has 1 aliphatic rings. The first-order chi connectivity index (χ1) is 9.17. The molecule has 4 heteroatoms. The Kier molecular flexibility index (Phi) is 8.07. The molecular formula is C15H31N3O. The molecule has 0 aromatic heterocycles. The van der Waals surface area contributed by atoms with Crippen molar-refractivity contribution >= 4 is 5.91 Å². The van der Waals surface area contributed by atoms with Crippen molar-refractivity contribution in [2.45, 2.75) is 46.0 Å². The highest BCUT2D eigenvalue weighted by Crippen LogP contribution is 2.09. The molecule has 0 bridgehead atoms. The normalized spacial score (nSPS) is 19.2. The lowest BCUT2D eigenvalue weighted by Gasteiger charge is -2.24. The number of amides is 1. The van der Waals surface area contributed by atoms with E-state index in [4.69, 9.17) is 5.73 Å². The average Bonchev–Trinajstić information content (AvgIpc) is 2.64. The number of unbranched alkanes of at least 4 members (excludes halogenated alkanes) is 2. The Morgan fingerprint density at radius 1 is 1.21 bits per heavy atom. The Labute approximate surface area is 118 Å². The second-order valence-electron chi connectivity index (χ2n) is 5.83. The molecule has 0 radical (unpaired) electrons. The molecule has 1 saturated heterocycles. The summed E-state index contributed by atoms with van der Waals surface area (Å²) in [6.45, 7) is 10.1. The minimum Gasteiger partial charge on any atom is -0.341 e. The zero-order valence-electron chi connectivity index (χ0n) is 12.7. The van der Waals surface area contributed by atoms with Crippen molar-refractivity contribution in [1.29, 1.82) is 0 Å². The fourth-order valence-corrected chi connectivity index (χ4v) is 2.60. The van der Waals surface area contributed by atoms with Crippen LogP contribution in [-0.4, -0.2) is 55.0 Å². The maximum atomic E-state index is 12.1. The minimum atomic E-state index is 0.349. The maximum Gasteiger partial charge on any atom is 0.222 e. The maximum absolute atomic E-state index is 12.1. The van der Waals surface area contributed by atoms with E-state index in [9.17, 15) is 4.79 Å². The molecule has 1 unspecified atom stereocenters. The number of nitrogens with zero attached hydrogens (tertiary/aromatic N) is 2. The highest BCUT2D eigenvalue weighted by atomic mass is 16.2. The molecule has 0 aliphatic carbocycles. The van der Waals surface area contributed by atoms with Crippen LogP contribution >= 0.6 is 0 Å². The van der Waals surface area contributed by atoms with Gasteiger partial charge in [0.25, 0.3) is 0 Å². The van der Waals surface area contributed by atoms with E-state index >= 15 is 0 Å². The van der Waals surface area contributed by atoms with Crippen molar-refractivity contribution in [3.05, 3.63) is 0 Å². The third-order valence-electron chi connectivity index (χ3n) is 3.91. The van der Waals surface area contributed by atoms with E-state index in [1.165, 1.54) is 12.8 Å². The lowest BCUT2D eigenvalue weighted by molar-refractivity contribution is -0.131. The van der Waals surface area contributed by atoms with Crippen LogP contribution in [0, 0.1) is 5.92 Å². The summed E-state index contributed by atoms with van der Waals surface area (Å²) in [7, 11) is 0. The average molecular weight is 269 g/mol. The van der Waals surface area contributed by atoms with Crippen LogP contribution in [0.2, 0.25) is 0 Å². The van der Waals surface area contributed by atoms with Crippen molar-refractivity contribution < 1.29 is 4.79 Å². The van der Waals surface area contributed by atoms with Gasteiger partial charge in [0.1, 0.15) is 0 Å². The summed E-state index contributed by atoms with van der Waals surface area (Å²) >= 11 is 0. The monoisotopic (exact) mass is 269 g/mol. The fourth-order valence-electron chi connectivity index (χ4n) is 2.60. The van der Waals surface area contributed by atoms with Gasteiger partial charge in [-0.3, -0.25) is 4.79 Å². The molecule has 0 spiro atoms. The predicted octanol–water partition coefficient (Wildman–Crippen LogP) is 1.70. The van der Waals surface area contributed by atoms with E-state index in [0.29, 0.717) is 11.8 Å². The van der Waals surface area contributed by atoms with E-state index in [-0.39, 0.29) is 0 Å². The molecule has 1 heterocycles. The molecule has 112 valence electrons. The van der Waals surface area contributed by atoms with Crippen LogP contribution in [-0.2, 0) is 4.79 Å². The second-order valence-corrected chi connectivity index (χ2v) is 5.83. The minimum absolute atomic E-state index is 0.349. The highest BCUT2D eigenvalue weighted by Gasteiger charge is 2.19. The smallest absolute Gasteiger partial charge is 0.222 e. The lowest BCUT2D eigenvalue weighted by atomic mass is 10.1. The van der Waals surface area contributed by atoms with Gasteiger partial charge in [-0.05, 0) is 31.8 Å². The van der Waals surface area contributed by atoms with Crippen molar-refractivity contribution in [2.24, 2.45) is 11.7 Å². The summed E-state index contributed by atoms with van der Waals surface area (Å²) in [5.41, 5.74) is 5.68. The van der Waals surface area contributed by atoms with Gasteiger partial charge in [-0.1, -0.05) is 26.7 Å². The Morgan fingerprint density at radius 3 is 2.68 bits per heavy atom. The standard InChI is InChI=1S/C15H31N3O/c1-3-4-5-7-15(19)18-9-6-8-17(10-11-18)13-14(2)12-16/h14H,3-13,16H2,1-2H3. The van der Waals surface area contributed by atoms with Gasteiger partial charge in [-0.25, -0.2) is 0 Å². The molecule has 0 aromatic carbocycles. The number of hydrogen-bond acceptors (Lipinski definition) is 3. The van der Waals surface area contributed by atoms with Gasteiger partial charge >= 0.3 is 0 Å². The van der Waals surface area contributed by atoms with Crippen LogP contribution in [0.1, 0.15) is 46.0 Å².